The van der Waals surface area contributed by atoms with Crippen LogP contribution in [0.3, 0.4) is 0 Å². The van der Waals surface area contributed by atoms with Crippen molar-refractivity contribution in [2.45, 2.75) is 32.5 Å². The summed E-state index contributed by atoms with van der Waals surface area (Å²) in [6, 6.07) is 9.94. The van der Waals surface area contributed by atoms with E-state index in [1.54, 1.807) is 42.1 Å². The normalized spacial score (nSPS) is 20.0. The first-order valence-electron chi connectivity index (χ1n) is 11.9. The number of aryl methyl sites for hydroxylation is 1. The molecule has 4 rings (SSSR count). The van der Waals surface area contributed by atoms with Crippen molar-refractivity contribution in [1.82, 2.24) is 14.4 Å². The lowest BCUT2D eigenvalue weighted by Crippen LogP contribution is -3.17. The number of ketones is 1. The van der Waals surface area contributed by atoms with Gasteiger partial charge in [-0.3, -0.25) is 14.4 Å². The summed E-state index contributed by atoms with van der Waals surface area (Å²) in [5, 5.41) is 0.819. The van der Waals surface area contributed by atoms with Crippen molar-refractivity contribution in [3.63, 3.8) is 0 Å². The fraction of sp³-hybridized carbons (Fsp3) is 0.370. The number of halogens is 2. The molecule has 0 saturated carbocycles. The molecule has 0 bridgehead atoms. The van der Waals surface area contributed by atoms with Crippen LogP contribution in [0.5, 0.6) is 0 Å². The number of hydrogen-bond donors (Lipinski definition) is 1. The summed E-state index contributed by atoms with van der Waals surface area (Å²) in [6.07, 6.45) is 1.60. The van der Waals surface area contributed by atoms with E-state index >= 15 is 0 Å². The average molecular weight is 514 g/mol. The Morgan fingerprint density at radius 1 is 1.11 bits per heavy atom. The third-order valence-corrected chi connectivity index (χ3v) is 7.33. The fourth-order valence-electron chi connectivity index (χ4n) is 4.91. The van der Waals surface area contributed by atoms with Crippen molar-refractivity contribution >= 4 is 40.1 Å². The number of rotatable bonds is 5. The van der Waals surface area contributed by atoms with Crippen LogP contribution < -0.4 is 4.90 Å². The Morgan fingerprint density at radius 3 is 2.42 bits per heavy atom. The highest BCUT2D eigenvalue weighted by Crippen LogP contribution is 2.30. The second kappa shape index (κ2) is 10.0. The van der Waals surface area contributed by atoms with E-state index in [9.17, 15) is 18.8 Å². The zero-order chi connectivity index (χ0) is 26.3. The van der Waals surface area contributed by atoms with Gasteiger partial charge in [0, 0.05) is 38.3 Å². The summed E-state index contributed by atoms with van der Waals surface area (Å²) in [7, 11) is 4.82. The molecule has 0 aliphatic carbocycles. The molecule has 1 aliphatic rings. The smallest absolute Gasteiger partial charge is 0.294 e. The van der Waals surface area contributed by atoms with Crippen molar-refractivity contribution in [3.8, 4) is 0 Å². The maximum Gasteiger partial charge on any atom is 0.294 e. The number of nitrogens with zero attached hydrogens (tertiary/aromatic N) is 3. The SMILES string of the molecule is C[C@@H]1C[NH+](Cc2ccc(F)cc2)[C@@H](C)CN1C(=O)c1cc2c(C(=O)C(=O)N(C)C)cn(C)c2cc1Cl. The Hall–Kier alpha value is -3.23. The molecule has 190 valence electrons. The maximum absolute atomic E-state index is 13.7. The Bertz CT molecular complexity index is 1340. The molecule has 3 atom stereocenters. The summed E-state index contributed by atoms with van der Waals surface area (Å²) < 4.78 is 15.0. The zero-order valence-electron chi connectivity index (χ0n) is 21.1. The highest BCUT2D eigenvalue weighted by atomic mass is 35.5. The number of aromatic nitrogens is 1. The van der Waals surface area contributed by atoms with E-state index in [2.05, 4.69) is 6.92 Å². The summed E-state index contributed by atoms with van der Waals surface area (Å²) >= 11 is 6.57. The van der Waals surface area contributed by atoms with Gasteiger partial charge in [-0.1, -0.05) is 23.7 Å². The number of quaternary nitrogens is 1. The third kappa shape index (κ3) is 4.88. The number of benzene rings is 2. The van der Waals surface area contributed by atoms with Crippen LogP contribution in [0.15, 0.2) is 42.6 Å². The molecule has 1 N–H and O–H groups in total. The van der Waals surface area contributed by atoms with Gasteiger partial charge in [-0.05, 0) is 38.1 Å². The minimum atomic E-state index is -0.633. The van der Waals surface area contributed by atoms with E-state index in [0.29, 0.717) is 28.0 Å². The van der Waals surface area contributed by atoms with Gasteiger partial charge in [-0.25, -0.2) is 4.39 Å². The molecule has 7 nitrogen and oxygen atoms in total. The summed E-state index contributed by atoms with van der Waals surface area (Å²) in [6.45, 7) is 6.11. The van der Waals surface area contributed by atoms with Crippen LogP contribution in [-0.2, 0) is 18.4 Å². The summed E-state index contributed by atoms with van der Waals surface area (Å²) in [4.78, 5) is 43.2. The first kappa shape index (κ1) is 25.9. The van der Waals surface area contributed by atoms with Crippen molar-refractivity contribution < 1.29 is 23.7 Å². The quantitative estimate of drug-likeness (QED) is 0.421. The van der Waals surface area contributed by atoms with Gasteiger partial charge in [0.2, 0.25) is 0 Å². The molecule has 2 aromatic carbocycles. The summed E-state index contributed by atoms with van der Waals surface area (Å²) in [5.74, 6) is -1.73. The lowest BCUT2D eigenvalue weighted by Gasteiger charge is -2.41. The molecule has 1 unspecified atom stereocenters. The highest BCUT2D eigenvalue weighted by Gasteiger charge is 2.36. The molecule has 9 heteroatoms. The second-order valence-corrected chi connectivity index (χ2v) is 10.3. The number of fused-ring (bicyclic) bond motifs is 1. The van der Waals surface area contributed by atoms with Gasteiger partial charge in [0.1, 0.15) is 18.4 Å². The van der Waals surface area contributed by atoms with E-state index in [1.165, 1.54) is 36.0 Å². The molecule has 2 heterocycles. The van der Waals surface area contributed by atoms with E-state index in [0.717, 1.165) is 18.7 Å². The molecule has 1 aliphatic heterocycles. The number of likely N-dealkylation sites (N-methyl/N-ethyl adjacent to an activating group) is 1. The zero-order valence-corrected chi connectivity index (χ0v) is 21.9. The van der Waals surface area contributed by atoms with Gasteiger partial charge in [-0.15, -0.1) is 0 Å². The van der Waals surface area contributed by atoms with Crippen molar-refractivity contribution in [2.75, 3.05) is 27.2 Å². The molecule has 0 radical (unpaired) electrons. The van der Waals surface area contributed by atoms with Crippen molar-refractivity contribution in [2.24, 2.45) is 7.05 Å². The fourth-order valence-corrected chi connectivity index (χ4v) is 5.15. The summed E-state index contributed by atoms with van der Waals surface area (Å²) in [5.41, 5.74) is 2.27. The molecular weight excluding hydrogens is 483 g/mol. The largest absolute Gasteiger partial charge is 0.350 e. The molecule has 2 amide bonds. The lowest BCUT2D eigenvalue weighted by atomic mass is 10.0. The van der Waals surface area contributed by atoms with E-state index in [1.807, 2.05) is 11.8 Å². The minimum absolute atomic E-state index is 0.0527. The highest BCUT2D eigenvalue weighted by molar-refractivity contribution is 6.45. The number of carbonyl (C=O) groups is 3. The van der Waals surface area contributed by atoms with Gasteiger partial charge >= 0.3 is 0 Å². The van der Waals surface area contributed by atoms with Crippen molar-refractivity contribution in [3.05, 3.63) is 70.1 Å². The monoisotopic (exact) mass is 513 g/mol. The van der Waals surface area contributed by atoms with E-state index in [4.69, 9.17) is 11.6 Å². The Labute approximate surface area is 215 Å². The van der Waals surface area contributed by atoms with Crippen LogP contribution in [0.25, 0.3) is 10.9 Å². The molecule has 36 heavy (non-hydrogen) atoms. The molecule has 1 saturated heterocycles. The predicted molar refractivity (Wildman–Crippen MR) is 137 cm³/mol. The van der Waals surface area contributed by atoms with Crippen LogP contribution in [0, 0.1) is 5.82 Å². The van der Waals surface area contributed by atoms with Gasteiger partial charge in [0.15, 0.2) is 0 Å². The number of carbonyl (C=O) groups excluding carboxylic acids is 3. The Balaban J connectivity index is 1.60. The predicted octanol–water partition coefficient (Wildman–Crippen LogP) is 2.56. The maximum atomic E-state index is 13.7. The van der Waals surface area contributed by atoms with Crippen molar-refractivity contribution in [1.29, 1.82) is 0 Å². The average Bonchev–Trinajstić information content (AvgIpc) is 3.15. The number of piperazine rings is 1. The second-order valence-electron chi connectivity index (χ2n) is 9.90. The van der Waals surface area contributed by atoms with Gasteiger partial charge in [0.05, 0.1) is 40.8 Å². The van der Waals surface area contributed by atoms with Gasteiger partial charge < -0.3 is 19.3 Å². The topological polar surface area (TPSA) is 67.1 Å². The molecule has 1 fully saturated rings. The number of amides is 2. The lowest BCUT2D eigenvalue weighted by molar-refractivity contribution is -0.943. The van der Waals surface area contributed by atoms with Crippen LogP contribution >= 0.6 is 11.6 Å². The van der Waals surface area contributed by atoms with Crippen LogP contribution in [0.2, 0.25) is 5.02 Å². The Kier molecular flexibility index (Phi) is 7.20. The standard InChI is InChI=1S/C27H30ClFN4O3/c1-16-13-33(17(2)12-32(16)14-18-6-8-19(29)9-7-18)26(35)21-10-20-22(25(34)27(36)30(3)4)15-31(5)24(20)11-23(21)28/h6-11,15-17H,12-14H2,1-5H3/p+1/t16-,17+/m0/s1. The number of hydrogen-bond acceptors (Lipinski definition) is 3. The van der Waals surface area contributed by atoms with Gasteiger partial charge in [-0.2, -0.15) is 0 Å². The third-order valence-electron chi connectivity index (χ3n) is 7.02. The minimum Gasteiger partial charge on any atom is -0.350 e. The number of Topliss-reactive ketones (excluding diaryl/α,β-unsaturated/α-hetero) is 1. The molecular formula is C27H31ClFN4O3+. The van der Waals surface area contributed by atoms with Crippen LogP contribution in [0.1, 0.15) is 40.1 Å². The number of nitrogens with one attached hydrogen (secondary N) is 1. The Morgan fingerprint density at radius 2 is 1.78 bits per heavy atom. The van der Waals surface area contributed by atoms with Crippen LogP contribution in [0.4, 0.5) is 4.39 Å². The van der Waals surface area contributed by atoms with Gasteiger partial charge in [0.25, 0.3) is 17.6 Å². The van der Waals surface area contributed by atoms with Crippen LogP contribution in [-0.4, -0.2) is 71.2 Å². The molecule has 3 aromatic rings. The van der Waals surface area contributed by atoms with E-state index in [-0.39, 0.29) is 29.4 Å². The molecule has 0 spiro atoms. The first-order valence-corrected chi connectivity index (χ1v) is 12.3. The first-order chi connectivity index (χ1) is 17.0. The van der Waals surface area contributed by atoms with E-state index < -0.39 is 11.7 Å². The molecule has 1 aromatic heterocycles.